The van der Waals surface area contributed by atoms with E-state index in [1.165, 1.54) is 12.1 Å². The van der Waals surface area contributed by atoms with Gasteiger partial charge in [-0.05, 0) is 29.8 Å². The average molecular weight is 380 g/mol. The minimum absolute atomic E-state index is 0.0488. The number of para-hydroxylation sites is 1. The number of hydrogen-bond acceptors (Lipinski definition) is 2. The van der Waals surface area contributed by atoms with Crippen LogP contribution in [0.5, 0.6) is 0 Å². The maximum Gasteiger partial charge on any atom is 0.434 e. The highest BCUT2D eigenvalue weighted by Crippen LogP contribution is 2.33. The van der Waals surface area contributed by atoms with Gasteiger partial charge in [0.2, 0.25) is 0 Å². The lowest BCUT2D eigenvalue weighted by atomic mass is 10.2. The fraction of sp³-hybridized carbons (Fsp3) is 0.111. The second-order valence-electron chi connectivity index (χ2n) is 5.46. The minimum atomic E-state index is -4.74. The van der Waals surface area contributed by atoms with Gasteiger partial charge in [-0.3, -0.25) is 4.79 Å². The minimum Gasteiger partial charge on any atom is -0.348 e. The van der Waals surface area contributed by atoms with Crippen molar-refractivity contribution in [2.24, 2.45) is 0 Å². The van der Waals surface area contributed by atoms with Crippen LogP contribution in [-0.2, 0) is 12.7 Å². The number of hydrogen-bond donors (Lipinski definition) is 1. The first-order chi connectivity index (χ1) is 12.4. The third-order valence-corrected chi connectivity index (χ3v) is 3.86. The molecule has 1 amide bonds. The van der Waals surface area contributed by atoms with Gasteiger partial charge in [0.15, 0.2) is 5.69 Å². The van der Waals surface area contributed by atoms with E-state index in [0.717, 1.165) is 6.20 Å². The molecule has 0 spiro atoms. The fourth-order valence-corrected chi connectivity index (χ4v) is 2.69. The van der Waals surface area contributed by atoms with Gasteiger partial charge in [-0.15, -0.1) is 0 Å². The van der Waals surface area contributed by atoms with Crippen molar-refractivity contribution in [2.75, 3.05) is 0 Å². The Morgan fingerprint density at radius 2 is 1.85 bits per heavy atom. The van der Waals surface area contributed by atoms with Crippen LogP contribution in [-0.4, -0.2) is 15.7 Å². The molecule has 0 saturated carbocycles. The summed E-state index contributed by atoms with van der Waals surface area (Å²) in [6.07, 6.45) is -3.82. The molecule has 0 aliphatic heterocycles. The van der Waals surface area contributed by atoms with E-state index in [1.54, 1.807) is 42.5 Å². The lowest BCUT2D eigenvalue weighted by Gasteiger charge is -2.13. The number of alkyl halides is 3. The first-order valence-corrected chi connectivity index (χ1v) is 7.97. The van der Waals surface area contributed by atoms with Crippen LogP contribution in [0.4, 0.5) is 13.2 Å². The Balaban J connectivity index is 1.90. The Kier molecular flexibility index (Phi) is 4.99. The molecule has 1 N–H and O–H groups in total. The van der Waals surface area contributed by atoms with Crippen LogP contribution in [0, 0.1) is 0 Å². The second kappa shape index (κ2) is 7.21. The van der Waals surface area contributed by atoms with Gasteiger partial charge in [0.1, 0.15) is 0 Å². The molecule has 1 aromatic heterocycles. The van der Waals surface area contributed by atoms with Crippen molar-refractivity contribution in [1.82, 2.24) is 15.1 Å². The van der Waals surface area contributed by atoms with E-state index in [2.05, 4.69) is 10.4 Å². The van der Waals surface area contributed by atoms with Gasteiger partial charge in [0.05, 0.1) is 17.4 Å². The molecule has 2 aromatic carbocycles. The predicted molar refractivity (Wildman–Crippen MR) is 91.2 cm³/mol. The summed E-state index contributed by atoms with van der Waals surface area (Å²) in [7, 11) is 0. The summed E-state index contributed by atoms with van der Waals surface area (Å²) in [6, 6.07) is 14.5. The maximum atomic E-state index is 13.5. The van der Waals surface area contributed by atoms with Crippen molar-refractivity contribution in [3.8, 4) is 5.69 Å². The second-order valence-corrected chi connectivity index (χ2v) is 5.90. The molecule has 0 radical (unpaired) electrons. The van der Waals surface area contributed by atoms with Crippen molar-refractivity contribution in [3.63, 3.8) is 0 Å². The molecule has 3 rings (SSSR count). The van der Waals surface area contributed by atoms with E-state index in [0.29, 0.717) is 15.3 Å². The van der Waals surface area contributed by atoms with Gasteiger partial charge in [-0.1, -0.05) is 41.9 Å². The van der Waals surface area contributed by atoms with E-state index in [-0.39, 0.29) is 12.2 Å². The molecule has 0 aliphatic rings. The third kappa shape index (κ3) is 3.88. The van der Waals surface area contributed by atoms with Crippen molar-refractivity contribution in [1.29, 1.82) is 0 Å². The van der Waals surface area contributed by atoms with Crippen molar-refractivity contribution >= 4 is 17.5 Å². The SMILES string of the molecule is O=C(NCc1cccc(Cl)c1)c1cnn(-c2ccccc2)c1C(F)(F)F. The summed E-state index contributed by atoms with van der Waals surface area (Å²) in [6.45, 7) is 0.0488. The molecule has 1 heterocycles. The summed E-state index contributed by atoms with van der Waals surface area (Å²) in [5, 5.41) is 6.70. The zero-order chi connectivity index (χ0) is 18.7. The van der Waals surface area contributed by atoms with Gasteiger partial charge in [-0.25, -0.2) is 4.68 Å². The highest BCUT2D eigenvalue weighted by atomic mass is 35.5. The number of nitrogens with one attached hydrogen (secondary N) is 1. The van der Waals surface area contributed by atoms with E-state index in [4.69, 9.17) is 11.6 Å². The number of nitrogens with zero attached hydrogens (tertiary/aromatic N) is 2. The Hall–Kier alpha value is -2.80. The number of carbonyl (C=O) groups excluding carboxylic acids is 1. The molecule has 0 aliphatic carbocycles. The van der Waals surface area contributed by atoms with Gasteiger partial charge < -0.3 is 5.32 Å². The quantitative estimate of drug-likeness (QED) is 0.726. The number of carbonyl (C=O) groups is 1. The van der Waals surface area contributed by atoms with Gasteiger partial charge >= 0.3 is 6.18 Å². The first kappa shape index (κ1) is 18.0. The van der Waals surface area contributed by atoms with E-state index < -0.39 is 23.3 Å². The number of halogens is 4. The van der Waals surface area contributed by atoms with Gasteiger partial charge in [0.25, 0.3) is 5.91 Å². The van der Waals surface area contributed by atoms with E-state index in [9.17, 15) is 18.0 Å². The molecule has 0 unspecified atom stereocenters. The zero-order valence-corrected chi connectivity index (χ0v) is 14.1. The van der Waals surface area contributed by atoms with Crippen LogP contribution < -0.4 is 5.32 Å². The molecule has 3 aromatic rings. The molecule has 4 nitrogen and oxygen atoms in total. The Morgan fingerprint density at radius 1 is 1.12 bits per heavy atom. The van der Waals surface area contributed by atoms with E-state index >= 15 is 0 Å². The highest BCUT2D eigenvalue weighted by molar-refractivity contribution is 6.30. The largest absolute Gasteiger partial charge is 0.434 e. The predicted octanol–water partition coefficient (Wildman–Crippen LogP) is 4.47. The molecule has 26 heavy (non-hydrogen) atoms. The summed E-state index contributed by atoms with van der Waals surface area (Å²) in [5.41, 5.74) is -0.765. The van der Waals surface area contributed by atoms with Crippen LogP contribution in [0.2, 0.25) is 5.02 Å². The summed E-state index contributed by atoms with van der Waals surface area (Å²) >= 11 is 5.86. The monoisotopic (exact) mass is 379 g/mol. The van der Waals surface area contributed by atoms with Crippen molar-refractivity contribution < 1.29 is 18.0 Å². The summed E-state index contributed by atoms with van der Waals surface area (Å²) in [4.78, 5) is 12.3. The molecule has 0 saturated heterocycles. The number of amides is 1. The summed E-state index contributed by atoms with van der Waals surface area (Å²) < 4.78 is 41.4. The molecule has 0 fully saturated rings. The van der Waals surface area contributed by atoms with Gasteiger partial charge in [0, 0.05) is 11.6 Å². The maximum absolute atomic E-state index is 13.5. The highest BCUT2D eigenvalue weighted by Gasteiger charge is 2.40. The van der Waals surface area contributed by atoms with E-state index in [1.807, 2.05) is 0 Å². The standard InChI is InChI=1S/C18H13ClF3N3O/c19-13-6-4-5-12(9-13)10-23-17(26)15-11-24-25(16(15)18(20,21)22)14-7-2-1-3-8-14/h1-9,11H,10H2,(H,23,26). The Bertz CT molecular complexity index is 923. The van der Waals surface area contributed by atoms with Crippen LogP contribution >= 0.6 is 11.6 Å². The number of benzene rings is 2. The molecule has 0 bridgehead atoms. The van der Waals surface area contributed by atoms with Crippen LogP contribution in [0.15, 0.2) is 60.8 Å². The molecule has 0 atom stereocenters. The normalized spacial score (nSPS) is 11.4. The van der Waals surface area contributed by atoms with Crippen LogP contribution in [0.3, 0.4) is 0 Å². The average Bonchev–Trinajstić information content (AvgIpc) is 3.06. The smallest absolute Gasteiger partial charge is 0.348 e. The Labute approximate surface area is 152 Å². The molecular weight excluding hydrogens is 367 g/mol. The lowest BCUT2D eigenvalue weighted by Crippen LogP contribution is -2.26. The lowest BCUT2D eigenvalue weighted by molar-refractivity contribution is -0.143. The van der Waals surface area contributed by atoms with Crippen molar-refractivity contribution in [2.45, 2.75) is 12.7 Å². The summed E-state index contributed by atoms with van der Waals surface area (Å²) in [5.74, 6) is -0.862. The Morgan fingerprint density at radius 3 is 2.50 bits per heavy atom. The van der Waals surface area contributed by atoms with Gasteiger partial charge in [-0.2, -0.15) is 18.3 Å². The molecular formula is C18H13ClF3N3O. The zero-order valence-electron chi connectivity index (χ0n) is 13.3. The molecule has 8 heteroatoms. The number of rotatable bonds is 4. The topological polar surface area (TPSA) is 46.9 Å². The number of aromatic nitrogens is 2. The first-order valence-electron chi connectivity index (χ1n) is 7.59. The molecule has 134 valence electrons. The van der Waals surface area contributed by atoms with Crippen LogP contribution in [0.1, 0.15) is 21.6 Å². The fourth-order valence-electron chi connectivity index (χ4n) is 2.48. The van der Waals surface area contributed by atoms with Crippen LogP contribution in [0.25, 0.3) is 5.69 Å². The third-order valence-electron chi connectivity index (χ3n) is 3.63. The van der Waals surface area contributed by atoms with Crippen molar-refractivity contribution in [3.05, 3.63) is 82.6 Å².